The first-order valence-corrected chi connectivity index (χ1v) is 6.34. The van der Waals surface area contributed by atoms with Gasteiger partial charge in [-0.2, -0.15) is 0 Å². The molecule has 0 radical (unpaired) electrons. The lowest BCUT2D eigenvalue weighted by atomic mass is 10.00. The van der Waals surface area contributed by atoms with E-state index in [-0.39, 0.29) is 0 Å². The smallest absolute Gasteiger partial charge is 0.123 e. The Kier molecular flexibility index (Phi) is 3.90. The van der Waals surface area contributed by atoms with Crippen molar-refractivity contribution in [3.05, 3.63) is 62.8 Å². The number of benzene rings is 2. The van der Waals surface area contributed by atoms with Gasteiger partial charge < -0.3 is 10.8 Å². The molecular weight excluding hydrogens is 321 g/mol. The highest BCUT2D eigenvalue weighted by molar-refractivity contribution is 9.10. The maximum absolute atomic E-state index is 13.1. The molecule has 0 fully saturated rings. The number of aliphatic hydroxyl groups is 1. The van der Waals surface area contributed by atoms with E-state index in [2.05, 4.69) is 15.9 Å². The van der Waals surface area contributed by atoms with Crippen molar-refractivity contribution >= 4 is 33.2 Å². The summed E-state index contributed by atoms with van der Waals surface area (Å²) in [7, 11) is 0. The lowest BCUT2D eigenvalue weighted by molar-refractivity contribution is 0.220. The Morgan fingerprint density at radius 3 is 2.67 bits per heavy atom. The fourth-order valence-electron chi connectivity index (χ4n) is 1.70. The summed E-state index contributed by atoms with van der Waals surface area (Å²) >= 11 is 9.30. The summed E-state index contributed by atoms with van der Waals surface area (Å²) in [6.07, 6.45) is -1.06. The molecule has 0 amide bonds. The lowest BCUT2D eigenvalue weighted by Crippen LogP contribution is -2.05. The predicted molar refractivity (Wildman–Crippen MR) is 74.0 cm³/mol. The zero-order valence-corrected chi connectivity index (χ0v) is 11.5. The number of nitrogens with two attached hydrogens (primary N) is 1. The molecule has 0 aromatic heterocycles. The molecule has 3 N–H and O–H groups in total. The van der Waals surface area contributed by atoms with Gasteiger partial charge in [0.2, 0.25) is 0 Å². The summed E-state index contributed by atoms with van der Waals surface area (Å²) in [5, 5.41) is 10.6. The highest BCUT2D eigenvalue weighted by atomic mass is 79.9. The Morgan fingerprint density at radius 2 is 2.00 bits per heavy atom. The van der Waals surface area contributed by atoms with Crippen LogP contribution in [-0.2, 0) is 0 Å². The molecule has 2 rings (SSSR count). The minimum Gasteiger partial charge on any atom is -0.397 e. The molecule has 1 atom stereocenters. The van der Waals surface area contributed by atoms with Crippen LogP contribution in [0.5, 0.6) is 0 Å². The number of hydrogen-bond acceptors (Lipinski definition) is 2. The highest BCUT2D eigenvalue weighted by Crippen LogP contribution is 2.36. The van der Waals surface area contributed by atoms with Crippen LogP contribution in [0.2, 0.25) is 5.02 Å². The van der Waals surface area contributed by atoms with Crippen LogP contribution in [-0.4, -0.2) is 5.11 Å². The molecule has 0 aliphatic heterocycles. The molecule has 0 saturated carbocycles. The first-order chi connectivity index (χ1) is 8.50. The Bertz CT molecular complexity index is 591. The van der Waals surface area contributed by atoms with Crippen molar-refractivity contribution in [2.45, 2.75) is 6.10 Å². The summed E-state index contributed by atoms with van der Waals surface area (Å²) in [5.74, 6) is -0.420. The minimum absolute atomic E-state index is 0.340. The van der Waals surface area contributed by atoms with Gasteiger partial charge in [-0.05, 0) is 45.8 Å². The van der Waals surface area contributed by atoms with E-state index in [1.165, 1.54) is 18.2 Å². The second-order valence-corrected chi connectivity index (χ2v) is 5.08. The van der Waals surface area contributed by atoms with Gasteiger partial charge in [0.1, 0.15) is 11.9 Å². The molecule has 0 heterocycles. The second kappa shape index (κ2) is 5.26. The molecule has 0 aliphatic carbocycles. The zero-order chi connectivity index (χ0) is 13.3. The second-order valence-electron chi connectivity index (χ2n) is 3.81. The average molecular weight is 331 g/mol. The predicted octanol–water partition coefficient (Wildman–Crippen LogP) is 3.91. The van der Waals surface area contributed by atoms with Gasteiger partial charge in [-0.25, -0.2) is 4.39 Å². The SMILES string of the molecule is Nc1c(Br)ccc(Cl)c1C(O)c1cccc(F)c1. The molecule has 18 heavy (non-hydrogen) atoms. The van der Waals surface area contributed by atoms with Crippen LogP contribution in [0.15, 0.2) is 40.9 Å². The molecular formula is C13H10BrClFNO. The fraction of sp³-hybridized carbons (Fsp3) is 0.0769. The van der Waals surface area contributed by atoms with Crippen molar-refractivity contribution in [2.75, 3.05) is 5.73 Å². The van der Waals surface area contributed by atoms with Crippen LogP contribution >= 0.6 is 27.5 Å². The van der Waals surface area contributed by atoms with Crippen LogP contribution in [0.25, 0.3) is 0 Å². The molecule has 2 aromatic carbocycles. The van der Waals surface area contributed by atoms with Crippen LogP contribution in [0.4, 0.5) is 10.1 Å². The van der Waals surface area contributed by atoms with E-state index in [9.17, 15) is 9.50 Å². The van der Waals surface area contributed by atoms with E-state index < -0.39 is 11.9 Å². The summed E-state index contributed by atoms with van der Waals surface area (Å²) in [4.78, 5) is 0. The van der Waals surface area contributed by atoms with Gasteiger partial charge in [0.25, 0.3) is 0 Å². The molecule has 0 saturated heterocycles. The summed E-state index contributed by atoms with van der Waals surface area (Å²) in [5.41, 5.74) is 7.00. The lowest BCUT2D eigenvalue weighted by Gasteiger charge is -2.16. The number of rotatable bonds is 2. The van der Waals surface area contributed by atoms with Gasteiger partial charge in [-0.1, -0.05) is 23.7 Å². The first-order valence-electron chi connectivity index (χ1n) is 5.17. The van der Waals surface area contributed by atoms with Crippen molar-refractivity contribution in [3.63, 3.8) is 0 Å². The summed E-state index contributed by atoms with van der Waals surface area (Å²) in [6.45, 7) is 0. The fourth-order valence-corrected chi connectivity index (χ4v) is 2.32. The number of anilines is 1. The third-order valence-electron chi connectivity index (χ3n) is 2.62. The molecule has 0 bridgehead atoms. The zero-order valence-electron chi connectivity index (χ0n) is 9.20. The molecule has 1 unspecified atom stereocenters. The van der Waals surface area contributed by atoms with Crippen molar-refractivity contribution in [1.29, 1.82) is 0 Å². The summed E-state index contributed by atoms with van der Waals surface area (Å²) in [6, 6.07) is 9.02. The van der Waals surface area contributed by atoms with Crippen LogP contribution in [0.1, 0.15) is 17.2 Å². The third-order valence-corrected chi connectivity index (χ3v) is 3.64. The van der Waals surface area contributed by atoms with Crippen molar-refractivity contribution < 1.29 is 9.50 Å². The number of hydrogen-bond donors (Lipinski definition) is 2. The van der Waals surface area contributed by atoms with E-state index in [1.54, 1.807) is 18.2 Å². The van der Waals surface area contributed by atoms with Crippen LogP contribution in [0.3, 0.4) is 0 Å². The molecule has 0 spiro atoms. The molecule has 5 heteroatoms. The van der Waals surface area contributed by atoms with Crippen molar-refractivity contribution in [3.8, 4) is 0 Å². The standard InChI is InChI=1S/C13H10BrClFNO/c14-9-4-5-10(15)11(12(9)17)13(18)7-2-1-3-8(16)6-7/h1-6,13,18H,17H2. The normalized spacial score (nSPS) is 12.4. The van der Waals surface area contributed by atoms with Gasteiger partial charge in [-0.3, -0.25) is 0 Å². The topological polar surface area (TPSA) is 46.2 Å². The van der Waals surface area contributed by atoms with Gasteiger partial charge in [-0.15, -0.1) is 0 Å². The van der Waals surface area contributed by atoms with Gasteiger partial charge in [0.05, 0.1) is 5.69 Å². The number of aliphatic hydroxyl groups excluding tert-OH is 1. The Labute approximate surface area is 117 Å². The Morgan fingerprint density at radius 1 is 1.28 bits per heavy atom. The van der Waals surface area contributed by atoms with E-state index in [0.29, 0.717) is 26.3 Å². The molecule has 0 aliphatic rings. The van der Waals surface area contributed by atoms with Gasteiger partial charge >= 0.3 is 0 Å². The maximum atomic E-state index is 13.1. The van der Waals surface area contributed by atoms with Crippen LogP contribution < -0.4 is 5.73 Å². The van der Waals surface area contributed by atoms with Gasteiger partial charge in [0.15, 0.2) is 0 Å². The highest BCUT2D eigenvalue weighted by Gasteiger charge is 2.19. The quantitative estimate of drug-likeness (QED) is 0.820. The average Bonchev–Trinajstić information content (AvgIpc) is 2.34. The Balaban J connectivity index is 2.52. The molecule has 2 nitrogen and oxygen atoms in total. The van der Waals surface area contributed by atoms with E-state index in [1.807, 2.05) is 0 Å². The van der Waals surface area contributed by atoms with Crippen molar-refractivity contribution in [1.82, 2.24) is 0 Å². The van der Waals surface area contributed by atoms with Crippen molar-refractivity contribution in [2.24, 2.45) is 0 Å². The van der Waals surface area contributed by atoms with E-state index in [4.69, 9.17) is 17.3 Å². The molecule has 2 aromatic rings. The maximum Gasteiger partial charge on any atom is 0.123 e. The molecule has 94 valence electrons. The van der Waals surface area contributed by atoms with E-state index in [0.717, 1.165) is 0 Å². The monoisotopic (exact) mass is 329 g/mol. The third kappa shape index (κ3) is 2.51. The van der Waals surface area contributed by atoms with Crippen LogP contribution in [0, 0.1) is 5.82 Å². The largest absolute Gasteiger partial charge is 0.397 e. The Hall–Kier alpha value is -1.10. The number of nitrogen functional groups attached to an aromatic ring is 1. The van der Waals surface area contributed by atoms with Gasteiger partial charge in [0, 0.05) is 15.1 Å². The number of halogens is 3. The minimum atomic E-state index is -1.06. The van der Waals surface area contributed by atoms with E-state index >= 15 is 0 Å². The summed E-state index contributed by atoms with van der Waals surface area (Å²) < 4.78 is 13.8. The first kappa shape index (κ1) is 13.3.